The Morgan fingerprint density at radius 3 is 2.71 bits per heavy atom. The van der Waals surface area contributed by atoms with E-state index in [0.29, 0.717) is 43.3 Å². The van der Waals surface area contributed by atoms with Crippen molar-refractivity contribution >= 4 is 23.6 Å². The molecule has 0 radical (unpaired) electrons. The van der Waals surface area contributed by atoms with Crippen molar-refractivity contribution in [3.8, 4) is 11.3 Å². The number of halogens is 1. The molecule has 34 heavy (non-hydrogen) atoms. The van der Waals surface area contributed by atoms with Gasteiger partial charge in [-0.05, 0) is 58.6 Å². The molecule has 1 aliphatic heterocycles. The summed E-state index contributed by atoms with van der Waals surface area (Å²) in [7, 11) is 0. The smallest absolute Gasteiger partial charge is 0.309 e. The first-order valence-electron chi connectivity index (χ1n) is 11.6. The van der Waals surface area contributed by atoms with Gasteiger partial charge in [-0.2, -0.15) is 0 Å². The summed E-state index contributed by atoms with van der Waals surface area (Å²) in [5.74, 6) is -0.275. The molecule has 2 aromatic rings. The van der Waals surface area contributed by atoms with Crippen LogP contribution in [0.2, 0.25) is 0 Å². The van der Waals surface area contributed by atoms with Crippen LogP contribution in [-0.2, 0) is 19.1 Å². The van der Waals surface area contributed by atoms with E-state index in [9.17, 15) is 14.0 Å². The standard InChI is InChI=1S/C24H30FN5O4/c1-24(2,3)34-22(32)15-4-6-17(7-5-15)28-23-27-13-18(25)21(29-23)16-8-9-26-19(12-16)30-10-11-33-14-20(30)31/h8-9,12-13,15,17H,4-7,10-11,14H2,1-3H3,(H,27,28,29)/t15-,17-. The average molecular weight is 472 g/mol. The molecule has 0 atom stereocenters. The van der Waals surface area contributed by atoms with Gasteiger partial charge in [0.05, 0.1) is 25.3 Å². The third-order valence-corrected chi connectivity index (χ3v) is 5.83. The van der Waals surface area contributed by atoms with Crippen molar-refractivity contribution in [2.45, 2.75) is 58.1 Å². The van der Waals surface area contributed by atoms with Crippen LogP contribution < -0.4 is 10.2 Å². The van der Waals surface area contributed by atoms with E-state index in [4.69, 9.17) is 9.47 Å². The minimum Gasteiger partial charge on any atom is -0.460 e. The van der Waals surface area contributed by atoms with Crippen LogP contribution in [0.1, 0.15) is 46.5 Å². The highest BCUT2D eigenvalue weighted by atomic mass is 19.1. The van der Waals surface area contributed by atoms with Gasteiger partial charge in [0.2, 0.25) is 5.95 Å². The Morgan fingerprint density at radius 2 is 2.00 bits per heavy atom. The molecule has 1 saturated heterocycles. The number of nitrogens with one attached hydrogen (secondary N) is 1. The van der Waals surface area contributed by atoms with Crippen LogP contribution >= 0.6 is 0 Å². The molecule has 4 rings (SSSR count). The Hall–Kier alpha value is -3.14. The maximum atomic E-state index is 14.6. The SMILES string of the molecule is CC(C)(C)OC(=O)[C@H]1CC[C@H](Nc2ncc(F)c(-c3ccnc(N4CCOCC4=O)c3)n2)CC1. The number of esters is 1. The summed E-state index contributed by atoms with van der Waals surface area (Å²) in [6.07, 6.45) is 5.61. The fourth-order valence-corrected chi connectivity index (χ4v) is 4.15. The van der Waals surface area contributed by atoms with Crippen LogP contribution in [0.25, 0.3) is 11.3 Å². The first-order valence-corrected chi connectivity index (χ1v) is 11.6. The monoisotopic (exact) mass is 471 g/mol. The Kier molecular flexibility index (Phi) is 7.06. The molecule has 2 aromatic heterocycles. The van der Waals surface area contributed by atoms with Crippen molar-refractivity contribution in [2.75, 3.05) is 30.0 Å². The third-order valence-electron chi connectivity index (χ3n) is 5.83. The summed E-state index contributed by atoms with van der Waals surface area (Å²) < 4.78 is 25.3. The van der Waals surface area contributed by atoms with Gasteiger partial charge in [0.25, 0.3) is 5.91 Å². The van der Waals surface area contributed by atoms with Crippen LogP contribution in [0.3, 0.4) is 0 Å². The van der Waals surface area contributed by atoms with Gasteiger partial charge in [-0.3, -0.25) is 14.5 Å². The van der Waals surface area contributed by atoms with E-state index in [2.05, 4.69) is 20.3 Å². The van der Waals surface area contributed by atoms with E-state index in [1.54, 1.807) is 12.1 Å². The van der Waals surface area contributed by atoms with Gasteiger partial charge in [-0.1, -0.05) is 0 Å². The quantitative estimate of drug-likeness (QED) is 0.662. The number of hydrogen-bond acceptors (Lipinski definition) is 8. The first kappa shape index (κ1) is 24.0. The molecule has 10 heteroatoms. The summed E-state index contributed by atoms with van der Waals surface area (Å²) in [5.41, 5.74) is 0.136. The highest BCUT2D eigenvalue weighted by molar-refractivity contribution is 5.94. The number of ether oxygens (including phenoxy) is 2. The lowest BCUT2D eigenvalue weighted by Gasteiger charge is -2.30. The van der Waals surface area contributed by atoms with Crippen LogP contribution in [0.5, 0.6) is 0 Å². The Balaban J connectivity index is 1.43. The molecule has 9 nitrogen and oxygen atoms in total. The third kappa shape index (κ3) is 5.85. The van der Waals surface area contributed by atoms with Crippen molar-refractivity contribution in [3.05, 3.63) is 30.3 Å². The second-order valence-corrected chi connectivity index (χ2v) is 9.62. The lowest BCUT2D eigenvalue weighted by molar-refractivity contribution is -0.161. The highest BCUT2D eigenvalue weighted by Crippen LogP contribution is 2.29. The second kappa shape index (κ2) is 10.0. The molecular formula is C24H30FN5O4. The van der Waals surface area contributed by atoms with Crippen molar-refractivity contribution < 1.29 is 23.5 Å². The summed E-state index contributed by atoms with van der Waals surface area (Å²) in [6, 6.07) is 3.37. The van der Waals surface area contributed by atoms with E-state index in [1.807, 2.05) is 20.8 Å². The van der Waals surface area contributed by atoms with Crippen molar-refractivity contribution in [1.82, 2.24) is 15.0 Å². The van der Waals surface area contributed by atoms with Crippen molar-refractivity contribution in [2.24, 2.45) is 5.92 Å². The van der Waals surface area contributed by atoms with Gasteiger partial charge in [0.15, 0.2) is 5.82 Å². The maximum Gasteiger partial charge on any atom is 0.309 e. The fraction of sp³-hybridized carbons (Fsp3) is 0.542. The lowest BCUT2D eigenvalue weighted by Crippen LogP contribution is -2.42. The number of carbonyl (C=O) groups is 2. The zero-order chi connectivity index (χ0) is 24.3. The summed E-state index contributed by atoms with van der Waals surface area (Å²) in [4.78, 5) is 38.8. The van der Waals surface area contributed by atoms with Crippen LogP contribution in [0.4, 0.5) is 16.2 Å². The van der Waals surface area contributed by atoms with Crippen LogP contribution in [0, 0.1) is 11.7 Å². The van der Waals surface area contributed by atoms with Gasteiger partial charge < -0.3 is 14.8 Å². The number of rotatable bonds is 5. The molecule has 0 aromatic carbocycles. The lowest BCUT2D eigenvalue weighted by atomic mass is 9.86. The van der Waals surface area contributed by atoms with E-state index in [1.165, 1.54) is 11.1 Å². The molecule has 1 amide bonds. The minimum atomic E-state index is -0.565. The predicted molar refractivity (Wildman–Crippen MR) is 124 cm³/mol. The van der Waals surface area contributed by atoms with E-state index in [0.717, 1.165) is 19.0 Å². The molecule has 1 saturated carbocycles. The van der Waals surface area contributed by atoms with Crippen molar-refractivity contribution in [3.63, 3.8) is 0 Å². The highest BCUT2D eigenvalue weighted by Gasteiger charge is 2.30. The zero-order valence-electron chi connectivity index (χ0n) is 19.7. The normalized spacial score (nSPS) is 21.3. The molecule has 1 N–H and O–H groups in total. The Bertz CT molecular complexity index is 1050. The number of pyridine rings is 1. The topological polar surface area (TPSA) is 107 Å². The number of hydrogen-bond donors (Lipinski definition) is 1. The molecule has 0 bridgehead atoms. The molecule has 2 fully saturated rings. The molecule has 0 spiro atoms. The number of nitrogens with zero attached hydrogens (tertiary/aromatic N) is 4. The molecule has 2 aliphatic rings. The number of aromatic nitrogens is 3. The van der Waals surface area contributed by atoms with Crippen LogP contribution in [0.15, 0.2) is 24.5 Å². The predicted octanol–water partition coefficient (Wildman–Crippen LogP) is 3.35. The Morgan fingerprint density at radius 1 is 1.24 bits per heavy atom. The second-order valence-electron chi connectivity index (χ2n) is 9.62. The van der Waals surface area contributed by atoms with E-state index < -0.39 is 11.4 Å². The summed E-state index contributed by atoms with van der Waals surface area (Å²) in [5, 5.41) is 3.27. The molecule has 3 heterocycles. The number of anilines is 2. The fourth-order valence-electron chi connectivity index (χ4n) is 4.15. The van der Waals surface area contributed by atoms with Gasteiger partial charge in [0.1, 0.15) is 23.7 Å². The number of morpholine rings is 1. The molecule has 182 valence electrons. The maximum absolute atomic E-state index is 14.6. The van der Waals surface area contributed by atoms with E-state index in [-0.39, 0.29) is 36.1 Å². The van der Waals surface area contributed by atoms with Crippen LogP contribution in [-0.4, -0.2) is 58.2 Å². The first-order chi connectivity index (χ1) is 16.2. The average Bonchev–Trinajstić information content (AvgIpc) is 2.80. The number of amides is 1. The van der Waals surface area contributed by atoms with E-state index >= 15 is 0 Å². The van der Waals surface area contributed by atoms with Gasteiger partial charge in [0, 0.05) is 17.8 Å². The van der Waals surface area contributed by atoms with Gasteiger partial charge in [-0.15, -0.1) is 0 Å². The molecule has 0 unspecified atom stereocenters. The van der Waals surface area contributed by atoms with Gasteiger partial charge >= 0.3 is 5.97 Å². The molecular weight excluding hydrogens is 441 g/mol. The zero-order valence-corrected chi connectivity index (χ0v) is 19.7. The molecule has 1 aliphatic carbocycles. The van der Waals surface area contributed by atoms with Gasteiger partial charge in [-0.25, -0.2) is 19.3 Å². The minimum absolute atomic E-state index is 0.00197. The summed E-state index contributed by atoms with van der Waals surface area (Å²) in [6.45, 7) is 6.41. The van der Waals surface area contributed by atoms with Crippen molar-refractivity contribution in [1.29, 1.82) is 0 Å². The Labute approximate surface area is 198 Å². The number of carbonyl (C=O) groups excluding carboxylic acids is 2. The summed E-state index contributed by atoms with van der Waals surface area (Å²) >= 11 is 0. The largest absolute Gasteiger partial charge is 0.460 e.